The molecule has 1 fully saturated rings. The van der Waals surface area contributed by atoms with Crippen molar-refractivity contribution in [2.24, 2.45) is 0 Å². The van der Waals surface area contributed by atoms with Crippen molar-refractivity contribution < 1.29 is 13.6 Å². The van der Waals surface area contributed by atoms with Gasteiger partial charge in [-0.2, -0.15) is 4.39 Å². The highest BCUT2D eigenvalue weighted by molar-refractivity contribution is 6.31. The molecule has 0 saturated heterocycles. The number of imidazole rings is 1. The second kappa shape index (κ2) is 8.22. The molecule has 5 heterocycles. The van der Waals surface area contributed by atoms with E-state index in [1.807, 2.05) is 0 Å². The summed E-state index contributed by atoms with van der Waals surface area (Å²) >= 11 is 6.19. The maximum absolute atomic E-state index is 15.6. The number of nitrogen functional groups attached to an aromatic ring is 1. The normalized spacial score (nSPS) is 18.9. The summed E-state index contributed by atoms with van der Waals surface area (Å²) in [6.45, 7) is 0. The van der Waals surface area contributed by atoms with Crippen molar-refractivity contribution >= 4 is 23.3 Å². The smallest absolute Gasteiger partial charge is 0.256 e. The number of carbonyl (C=O) groups is 1. The third-order valence-corrected chi connectivity index (χ3v) is 8.71. The molecule has 2 aliphatic heterocycles. The van der Waals surface area contributed by atoms with Crippen LogP contribution in [0.5, 0.6) is 0 Å². The highest BCUT2D eigenvalue weighted by Crippen LogP contribution is 2.49. The standard InChI is InChI=1S/C28H23ClF2N6O2/c1-36-27(39)23-15(22-13(11-28(36)8-9-28)2-4-16(29)24(22)30)10-21(38)37-18(23)5-6-19(37)26-33-12-17(34-26)14-3-7-20(32)35-25(14)31/h2-4,7,10,12,19H,5-6,8-9,11H2,1H3,(H2,32,35)(H,33,34)/t19-/m1/s1. The van der Waals surface area contributed by atoms with Crippen molar-refractivity contribution in [2.75, 3.05) is 12.8 Å². The number of amides is 1. The summed E-state index contributed by atoms with van der Waals surface area (Å²) < 4.78 is 31.6. The van der Waals surface area contributed by atoms with Crippen LogP contribution in [0, 0.1) is 11.8 Å². The summed E-state index contributed by atoms with van der Waals surface area (Å²) in [5.74, 6) is -1.10. The maximum Gasteiger partial charge on any atom is 0.256 e. The molecule has 11 heteroatoms. The molecule has 1 spiro atoms. The van der Waals surface area contributed by atoms with E-state index in [9.17, 15) is 14.0 Å². The average molecular weight is 549 g/mol. The number of benzene rings is 1. The van der Waals surface area contributed by atoms with Crippen LogP contribution in [0.2, 0.25) is 5.02 Å². The van der Waals surface area contributed by atoms with Gasteiger partial charge in [-0.15, -0.1) is 0 Å². The number of anilines is 1. The van der Waals surface area contributed by atoms with Gasteiger partial charge in [0.1, 0.15) is 17.5 Å². The molecule has 7 rings (SSSR count). The highest BCUT2D eigenvalue weighted by Gasteiger charge is 2.51. The fourth-order valence-corrected chi connectivity index (χ4v) is 6.35. The summed E-state index contributed by atoms with van der Waals surface area (Å²) in [6.07, 6.45) is 4.49. The van der Waals surface area contributed by atoms with Gasteiger partial charge in [0, 0.05) is 35.5 Å². The summed E-state index contributed by atoms with van der Waals surface area (Å²) in [4.78, 5) is 40.6. The number of likely N-dealkylation sites (N-methyl/N-ethyl adjacent to an activating group) is 1. The zero-order valence-electron chi connectivity index (χ0n) is 20.9. The Morgan fingerprint density at radius 3 is 2.67 bits per heavy atom. The van der Waals surface area contributed by atoms with Crippen molar-refractivity contribution in [1.82, 2.24) is 24.4 Å². The van der Waals surface area contributed by atoms with Crippen LogP contribution in [-0.4, -0.2) is 42.9 Å². The van der Waals surface area contributed by atoms with Crippen LogP contribution in [0.3, 0.4) is 0 Å². The van der Waals surface area contributed by atoms with E-state index in [4.69, 9.17) is 17.3 Å². The van der Waals surface area contributed by atoms with Crippen molar-refractivity contribution in [3.63, 3.8) is 0 Å². The summed E-state index contributed by atoms with van der Waals surface area (Å²) in [5.41, 5.74) is 7.44. The zero-order chi connectivity index (χ0) is 27.2. The molecule has 1 aliphatic carbocycles. The summed E-state index contributed by atoms with van der Waals surface area (Å²) in [6, 6.07) is 7.13. The Bertz CT molecular complexity index is 1780. The molecule has 3 N–H and O–H groups in total. The Morgan fingerprint density at radius 1 is 1.13 bits per heavy atom. The minimum Gasteiger partial charge on any atom is -0.384 e. The minimum atomic E-state index is -0.738. The van der Waals surface area contributed by atoms with E-state index >= 15 is 4.39 Å². The van der Waals surface area contributed by atoms with Crippen LogP contribution in [0.15, 0.2) is 41.3 Å². The molecule has 0 bridgehead atoms. The lowest BCUT2D eigenvalue weighted by molar-refractivity contribution is 0.0704. The summed E-state index contributed by atoms with van der Waals surface area (Å²) in [7, 11) is 1.78. The zero-order valence-corrected chi connectivity index (χ0v) is 21.6. The minimum absolute atomic E-state index is 0.0584. The van der Waals surface area contributed by atoms with E-state index in [0.29, 0.717) is 42.0 Å². The number of aromatic nitrogens is 4. The number of pyridine rings is 2. The molecule has 39 heavy (non-hydrogen) atoms. The number of carbonyl (C=O) groups excluding carboxylic acids is 1. The predicted molar refractivity (Wildman–Crippen MR) is 142 cm³/mol. The van der Waals surface area contributed by atoms with Gasteiger partial charge in [-0.05, 0) is 55.9 Å². The molecule has 3 aromatic heterocycles. The SMILES string of the molecule is CN1C(=O)c2c(cc(=O)n3c2CC[C@@H]3c2ncc(-c3ccc(N)nc3F)[nH]2)-c2c(ccc(Cl)c2F)CC12CC2. The predicted octanol–water partition coefficient (Wildman–Crippen LogP) is 4.51. The Balaban J connectivity index is 1.40. The molecule has 1 amide bonds. The van der Waals surface area contributed by atoms with Crippen LogP contribution in [-0.2, 0) is 12.8 Å². The Hall–Kier alpha value is -4.05. The van der Waals surface area contributed by atoms with Gasteiger partial charge in [0.05, 0.1) is 34.1 Å². The van der Waals surface area contributed by atoms with Gasteiger partial charge in [-0.1, -0.05) is 17.7 Å². The molecule has 1 aromatic carbocycles. The van der Waals surface area contributed by atoms with Crippen LogP contribution >= 0.6 is 11.6 Å². The van der Waals surface area contributed by atoms with Crippen LogP contribution in [0.1, 0.15) is 52.7 Å². The summed E-state index contributed by atoms with van der Waals surface area (Å²) in [5, 5.41) is -0.0584. The second-order valence-corrected chi connectivity index (χ2v) is 11.0. The molecule has 4 aromatic rings. The first-order valence-electron chi connectivity index (χ1n) is 12.7. The van der Waals surface area contributed by atoms with Gasteiger partial charge < -0.3 is 20.2 Å². The lowest BCUT2D eigenvalue weighted by Crippen LogP contribution is -2.43. The van der Waals surface area contributed by atoms with Crippen molar-refractivity contribution in [3.8, 4) is 22.4 Å². The first-order chi connectivity index (χ1) is 18.7. The quantitative estimate of drug-likeness (QED) is 0.358. The highest BCUT2D eigenvalue weighted by atomic mass is 35.5. The van der Waals surface area contributed by atoms with E-state index in [-0.39, 0.29) is 44.5 Å². The van der Waals surface area contributed by atoms with Crippen LogP contribution in [0.25, 0.3) is 22.4 Å². The van der Waals surface area contributed by atoms with E-state index in [1.54, 1.807) is 22.6 Å². The number of nitrogens with two attached hydrogens (primary N) is 1. The number of hydrogen-bond donors (Lipinski definition) is 2. The number of halogens is 3. The number of aromatic amines is 1. The largest absolute Gasteiger partial charge is 0.384 e. The van der Waals surface area contributed by atoms with Gasteiger partial charge in [0.2, 0.25) is 5.95 Å². The average Bonchev–Trinajstić information content (AvgIpc) is 3.30. The Morgan fingerprint density at radius 2 is 1.92 bits per heavy atom. The topological polar surface area (TPSA) is 110 Å². The van der Waals surface area contributed by atoms with Gasteiger partial charge in [0.25, 0.3) is 11.5 Å². The lowest BCUT2D eigenvalue weighted by atomic mass is 9.87. The third kappa shape index (κ3) is 3.47. The van der Waals surface area contributed by atoms with Crippen molar-refractivity contribution in [1.29, 1.82) is 0 Å². The monoisotopic (exact) mass is 548 g/mol. The van der Waals surface area contributed by atoms with Crippen LogP contribution in [0.4, 0.5) is 14.6 Å². The number of nitrogens with zero attached hydrogens (tertiary/aromatic N) is 4. The fraction of sp³-hybridized carbons (Fsp3) is 0.286. The third-order valence-electron chi connectivity index (χ3n) is 8.42. The fourth-order valence-electron chi connectivity index (χ4n) is 6.19. The van der Waals surface area contributed by atoms with Crippen molar-refractivity contribution in [3.05, 3.63) is 86.3 Å². The molecule has 198 valence electrons. The van der Waals surface area contributed by atoms with Crippen LogP contribution < -0.4 is 11.3 Å². The first kappa shape index (κ1) is 24.0. The molecule has 1 atom stereocenters. The molecular weight excluding hydrogens is 526 g/mol. The Kier molecular flexibility index (Phi) is 5.07. The second-order valence-electron chi connectivity index (χ2n) is 10.6. The maximum atomic E-state index is 15.6. The van der Waals surface area contributed by atoms with E-state index in [1.165, 1.54) is 30.5 Å². The van der Waals surface area contributed by atoms with Gasteiger partial charge >= 0.3 is 0 Å². The molecule has 0 unspecified atom stereocenters. The Labute approximate surface area is 226 Å². The van der Waals surface area contributed by atoms with E-state index < -0.39 is 17.8 Å². The molecule has 1 saturated carbocycles. The van der Waals surface area contributed by atoms with E-state index in [0.717, 1.165) is 18.4 Å². The molecule has 0 radical (unpaired) electrons. The first-order valence-corrected chi connectivity index (χ1v) is 13.1. The van der Waals surface area contributed by atoms with Gasteiger partial charge in [-0.25, -0.2) is 14.4 Å². The number of hydrogen-bond acceptors (Lipinski definition) is 5. The number of H-pyrrole nitrogens is 1. The van der Waals surface area contributed by atoms with Crippen molar-refractivity contribution in [2.45, 2.75) is 43.7 Å². The van der Waals surface area contributed by atoms with Gasteiger partial charge in [0.15, 0.2) is 0 Å². The number of fused-ring (bicyclic) bond motifs is 5. The molecule has 8 nitrogen and oxygen atoms in total. The molecular formula is C28H23ClF2N6O2. The van der Waals surface area contributed by atoms with Gasteiger partial charge in [-0.3, -0.25) is 9.59 Å². The number of rotatable bonds is 2. The van der Waals surface area contributed by atoms with E-state index in [2.05, 4.69) is 15.0 Å². The lowest BCUT2D eigenvalue weighted by Gasteiger charge is -2.33. The molecule has 3 aliphatic rings. The number of nitrogens with one attached hydrogen (secondary N) is 1.